The molecule has 8 heteroatoms. The lowest BCUT2D eigenvalue weighted by molar-refractivity contribution is -0.126. The summed E-state index contributed by atoms with van der Waals surface area (Å²) in [6, 6.07) is 11.7. The van der Waals surface area contributed by atoms with E-state index in [1.54, 1.807) is 24.5 Å². The zero-order valence-corrected chi connectivity index (χ0v) is 16.4. The van der Waals surface area contributed by atoms with Crippen molar-refractivity contribution in [3.63, 3.8) is 0 Å². The SMILES string of the molecule is CC(NC(=O)C1CCN(S(=O)(=O)c2ccccc2C#N)CC1)c1cccnc1. The van der Waals surface area contributed by atoms with E-state index >= 15 is 0 Å². The molecule has 3 rings (SSSR count). The van der Waals surface area contributed by atoms with Crippen molar-refractivity contribution in [2.45, 2.75) is 30.7 Å². The lowest BCUT2D eigenvalue weighted by Crippen LogP contribution is -2.43. The van der Waals surface area contributed by atoms with Gasteiger partial charge in [-0.1, -0.05) is 18.2 Å². The van der Waals surface area contributed by atoms with Gasteiger partial charge in [0.2, 0.25) is 15.9 Å². The second-order valence-corrected chi connectivity index (χ2v) is 8.71. The van der Waals surface area contributed by atoms with Crippen molar-refractivity contribution in [3.05, 3.63) is 59.9 Å². The molecular formula is C20H22N4O3S. The molecule has 7 nitrogen and oxygen atoms in total. The van der Waals surface area contributed by atoms with Gasteiger partial charge in [-0.05, 0) is 43.5 Å². The first kappa shape index (κ1) is 20.0. The Hall–Kier alpha value is -2.76. The third-order valence-corrected chi connectivity index (χ3v) is 6.95. The van der Waals surface area contributed by atoms with Gasteiger partial charge >= 0.3 is 0 Å². The van der Waals surface area contributed by atoms with E-state index in [2.05, 4.69) is 10.3 Å². The lowest BCUT2D eigenvalue weighted by Gasteiger charge is -2.31. The van der Waals surface area contributed by atoms with Crippen molar-refractivity contribution in [2.24, 2.45) is 5.92 Å². The minimum Gasteiger partial charge on any atom is -0.349 e. The molecule has 1 saturated heterocycles. The summed E-state index contributed by atoms with van der Waals surface area (Å²) in [5.74, 6) is -0.317. The molecule has 1 atom stereocenters. The Morgan fingerprint density at radius 3 is 2.61 bits per heavy atom. The third kappa shape index (κ3) is 4.21. The number of rotatable bonds is 5. The number of piperidine rings is 1. The summed E-state index contributed by atoms with van der Waals surface area (Å²) in [7, 11) is -3.75. The van der Waals surface area contributed by atoms with Gasteiger partial charge in [-0.25, -0.2) is 8.42 Å². The van der Waals surface area contributed by atoms with Crippen molar-refractivity contribution in [1.29, 1.82) is 5.26 Å². The van der Waals surface area contributed by atoms with Crippen molar-refractivity contribution >= 4 is 15.9 Å². The summed E-state index contributed by atoms with van der Waals surface area (Å²) in [6.07, 6.45) is 4.28. The number of nitrogens with one attached hydrogen (secondary N) is 1. The average molecular weight is 398 g/mol. The quantitative estimate of drug-likeness (QED) is 0.832. The number of aromatic nitrogens is 1. The Morgan fingerprint density at radius 1 is 1.25 bits per heavy atom. The standard InChI is InChI=1S/C20H22N4O3S/c1-15(18-6-4-10-22-14-18)23-20(25)16-8-11-24(12-9-16)28(26,27)19-7-3-2-5-17(19)13-21/h2-7,10,14-16H,8-9,11-12H2,1H3,(H,23,25). The van der Waals surface area contributed by atoms with Crippen LogP contribution >= 0.6 is 0 Å². The van der Waals surface area contributed by atoms with E-state index in [1.807, 2.05) is 25.1 Å². The minimum absolute atomic E-state index is 0.0191. The molecular weight excluding hydrogens is 376 g/mol. The Morgan fingerprint density at radius 2 is 1.96 bits per heavy atom. The predicted molar refractivity (Wildman–Crippen MR) is 103 cm³/mol. The number of benzene rings is 1. The van der Waals surface area contributed by atoms with Crippen molar-refractivity contribution in [1.82, 2.24) is 14.6 Å². The van der Waals surface area contributed by atoms with Gasteiger partial charge < -0.3 is 5.32 Å². The van der Waals surface area contributed by atoms with Crippen LogP contribution in [0.3, 0.4) is 0 Å². The van der Waals surface area contributed by atoms with E-state index in [0.717, 1.165) is 5.56 Å². The maximum absolute atomic E-state index is 12.9. The zero-order chi connectivity index (χ0) is 20.1. The third-order valence-electron chi connectivity index (χ3n) is 4.99. The first-order valence-electron chi connectivity index (χ1n) is 9.13. The molecule has 0 aliphatic carbocycles. The topological polar surface area (TPSA) is 103 Å². The molecule has 1 aromatic carbocycles. The number of hydrogen-bond donors (Lipinski definition) is 1. The summed E-state index contributed by atoms with van der Waals surface area (Å²) in [4.78, 5) is 16.6. The summed E-state index contributed by atoms with van der Waals surface area (Å²) in [5, 5.41) is 12.2. The summed E-state index contributed by atoms with van der Waals surface area (Å²) in [6.45, 7) is 2.40. The van der Waals surface area contributed by atoms with Crippen LogP contribution in [0.4, 0.5) is 0 Å². The van der Waals surface area contributed by atoms with Gasteiger partial charge in [0.15, 0.2) is 0 Å². The van der Waals surface area contributed by atoms with Crippen LogP contribution in [-0.4, -0.2) is 36.7 Å². The number of carbonyl (C=O) groups excluding carboxylic acids is 1. The molecule has 1 aliphatic heterocycles. The maximum atomic E-state index is 12.9. The first-order valence-corrected chi connectivity index (χ1v) is 10.6. The van der Waals surface area contributed by atoms with E-state index in [0.29, 0.717) is 12.8 Å². The van der Waals surface area contributed by atoms with Gasteiger partial charge in [0, 0.05) is 31.4 Å². The van der Waals surface area contributed by atoms with Crippen LogP contribution in [0.25, 0.3) is 0 Å². The number of carbonyl (C=O) groups is 1. The summed E-state index contributed by atoms with van der Waals surface area (Å²) in [5.41, 5.74) is 1.05. The molecule has 1 fully saturated rings. The van der Waals surface area contributed by atoms with Crippen LogP contribution in [0.5, 0.6) is 0 Å². The first-order chi connectivity index (χ1) is 13.4. The van der Waals surface area contributed by atoms with Crippen LogP contribution in [0.1, 0.15) is 36.9 Å². The number of nitrogens with zero attached hydrogens (tertiary/aromatic N) is 3. The molecule has 1 N–H and O–H groups in total. The normalized spacial score (nSPS) is 16.9. The lowest BCUT2D eigenvalue weighted by atomic mass is 9.96. The van der Waals surface area contributed by atoms with Crippen LogP contribution < -0.4 is 5.32 Å². The molecule has 0 radical (unpaired) electrons. The molecule has 1 aromatic heterocycles. The second kappa shape index (κ2) is 8.50. The molecule has 0 spiro atoms. The van der Waals surface area contributed by atoms with E-state index in [9.17, 15) is 18.5 Å². The maximum Gasteiger partial charge on any atom is 0.244 e. The molecule has 0 bridgehead atoms. The molecule has 28 heavy (non-hydrogen) atoms. The van der Waals surface area contributed by atoms with Gasteiger partial charge in [0.1, 0.15) is 6.07 Å². The van der Waals surface area contributed by atoms with E-state index < -0.39 is 10.0 Å². The highest BCUT2D eigenvalue weighted by Crippen LogP contribution is 2.26. The summed E-state index contributed by atoms with van der Waals surface area (Å²) < 4.78 is 27.1. The summed E-state index contributed by atoms with van der Waals surface area (Å²) >= 11 is 0. The van der Waals surface area contributed by atoms with Crippen LogP contribution in [0.2, 0.25) is 0 Å². The fraction of sp³-hybridized carbons (Fsp3) is 0.350. The van der Waals surface area contributed by atoms with Crippen LogP contribution in [0, 0.1) is 17.2 Å². The molecule has 1 amide bonds. The monoisotopic (exact) mass is 398 g/mol. The molecule has 2 heterocycles. The molecule has 146 valence electrons. The van der Waals surface area contributed by atoms with Crippen molar-refractivity contribution < 1.29 is 13.2 Å². The van der Waals surface area contributed by atoms with Crippen molar-refractivity contribution in [2.75, 3.05) is 13.1 Å². The van der Waals surface area contributed by atoms with Gasteiger partial charge in [-0.3, -0.25) is 9.78 Å². The Kier molecular flexibility index (Phi) is 6.07. The van der Waals surface area contributed by atoms with Crippen LogP contribution in [-0.2, 0) is 14.8 Å². The van der Waals surface area contributed by atoms with Gasteiger partial charge in [-0.15, -0.1) is 0 Å². The van der Waals surface area contributed by atoms with Crippen LogP contribution in [0.15, 0.2) is 53.7 Å². The molecule has 1 unspecified atom stereocenters. The Labute approximate surface area is 165 Å². The highest BCUT2D eigenvalue weighted by molar-refractivity contribution is 7.89. The number of hydrogen-bond acceptors (Lipinski definition) is 5. The number of sulfonamides is 1. The zero-order valence-electron chi connectivity index (χ0n) is 15.6. The van der Waals surface area contributed by atoms with E-state index in [1.165, 1.54) is 16.4 Å². The fourth-order valence-corrected chi connectivity index (χ4v) is 4.94. The van der Waals surface area contributed by atoms with E-state index in [-0.39, 0.29) is 41.4 Å². The Bertz CT molecular complexity index is 978. The predicted octanol–water partition coefficient (Wildman–Crippen LogP) is 2.23. The molecule has 0 saturated carbocycles. The van der Waals surface area contributed by atoms with Gasteiger partial charge in [-0.2, -0.15) is 9.57 Å². The number of pyridine rings is 1. The molecule has 2 aromatic rings. The van der Waals surface area contributed by atoms with E-state index in [4.69, 9.17) is 0 Å². The minimum atomic E-state index is -3.75. The largest absolute Gasteiger partial charge is 0.349 e. The highest BCUT2D eigenvalue weighted by atomic mass is 32.2. The average Bonchev–Trinajstić information content (AvgIpc) is 2.74. The smallest absolute Gasteiger partial charge is 0.244 e. The highest BCUT2D eigenvalue weighted by Gasteiger charge is 2.33. The van der Waals surface area contributed by atoms with Gasteiger partial charge in [0.05, 0.1) is 16.5 Å². The second-order valence-electron chi connectivity index (χ2n) is 6.80. The molecule has 1 aliphatic rings. The number of amides is 1. The fourth-order valence-electron chi connectivity index (χ4n) is 3.33. The van der Waals surface area contributed by atoms with Gasteiger partial charge in [0.25, 0.3) is 0 Å². The number of nitriles is 1. The van der Waals surface area contributed by atoms with Crippen molar-refractivity contribution in [3.8, 4) is 6.07 Å². The Balaban J connectivity index is 1.62.